The van der Waals surface area contributed by atoms with Gasteiger partial charge in [0, 0.05) is 30.3 Å². The molecule has 1 N–H and O–H groups in total. The lowest BCUT2D eigenvalue weighted by molar-refractivity contribution is 0.0694. The van der Waals surface area contributed by atoms with Crippen molar-refractivity contribution in [1.82, 2.24) is 4.57 Å². The maximum atomic E-state index is 11.9. The molecule has 0 fully saturated rings. The highest BCUT2D eigenvalue weighted by atomic mass is 32.1. The third-order valence-electron chi connectivity index (χ3n) is 3.20. The van der Waals surface area contributed by atoms with Crippen molar-refractivity contribution in [3.05, 3.63) is 44.0 Å². The van der Waals surface area contributed by atoms with Crippen LogP contribution in [0.4, 0.5) is 0 Å². The molecule has 0 bridgehead atoms. The molecular formula is C14H15NO4S. The van der Waals surface area contributed by atoms with E-state index in [0.717, 1.165) is 21.7 Å². The van der Waals surface area contributed by atoms with E-state index in [2.05, 4.69) is 0 Å². The number of aromatic carboxylic acids is 1. The molecule has 0 unspecified atom stereocenters. The van der Waals surface area contributed by atoms with E-state index in [1.54, 1.807) is 32.4 Å². The largest absolute Gasteiger partial charge is 0.477 e. The summed E-state index contributed by atoms with van der Waals surface area (Å²) in [5.41, 5.74) is 1.68. The predicted octanol–water partition coefficient (Wildman–Crippen LogP) is 2.27. The van der Waals surface area contributed by atoms with Crippen LogP contribution in [0.25, 0.3) is 11.1 Å². The Bertz CT molecular complexity index is 714. The molecule has 0 radical (unpaired) electrons. The van der Waals surface area contributed by atoms with Crippen LogP contribution in [-0.2, 0) is 18.4 Å². The first kappa shape index (κ1) is 14.5. The van der Waals surface area contributed by atoms with Gasteiger partial charge in [-0.1, -0.05) is 0 Å². The lowest BCUT2D eigenvalue weighted by Crippen LogP contribution is -2.26. The zero-order valence-corrected chi connectivity index (χ0v) is 12.3. The van der Waals surface area contributed by atoms with Crippen molar-refractivity contribution in [3.8, 4) is 11.1 Å². The molecule has 0 atom stereocenters. The Morgan fingerprint density at radius 1 is 1.45 bits per heavy atom. The molecule has 2 rings (SSSR count). The van der Waals surface area contributed by atoms with Crippen LogP contribution in [0, 0.1) is 6.92 Å². The summed E-state index contributed by atoms with van der Waals surface area (Å²) in [6, 6.07) is 3.39. The summed E-state index contributed by atoms with van der Waals surface area (Å²) in [5, 5.41) is 11.0. The van der Waals surface area contributed by atoms with Crippen molar-refractivity contribution in [3.63, 3.8) is 0 Å². The van der Waals surface area contributed by atoms with Gasteiger partial charge in [-0.15, -0.1) is 11.3 Å². The quantitative estimate of drug-likeness (QED) is 0.939. The van der Waals surface area contributed by atoms with Crippen LogP contribution in [0.2, 0.25) is 0 Å². The molecule has 20 heavy (non-hydrogen) atoms. The zero-order valence-electron chi connectivity index (χ0n) is 11.5. The molecule has 5 nitrogen and oxygen atoms in total. The number of ether oxygens (including phenoxy) is 1. The van der Waals surface area contributed by atoms with Gasteiger partial charge in [0.05, 0.1) is 6.61 Å². The van der Waals surface area contributed by atoms with Crippen LogP contribution in [0.15, 0.2) is 22.3 Å². The second-order valence-electron chi connectivity index (χ2n) is 4.46. The first-order valence-electron chi connectivity index (χ1n) is 5.96. The fourth-order valence-electron chi connectivity index (χ4n) is 2.01. The molecule has 2 aromatic rings. The van der Waals surface area contributed by atoms with Gasteiger partial charge in [0.1, 0.15) is 5.56 Å². The minimum Gasteiger partial charge on any atom is -0.477 e. The lowest BCUT2D eigenvalue weighted by Gasteiger charge is -2.10. The molecule has 2 aromatic heterocycles. The number of methoxy groups -OCH3 is 1. The second-order valence-corrected chi connectivity index (χ2v) is 5.46. The van der Waals surface area contributed by atoms with Gasteiger partial charge in [0.15, 0.2) is 0 Å². The van der Waals surface area contributed by atoms with Gasteiger partial charge in [-0.3, -0.25) is 4.79 Å². The van der Waals surface area contributed by atoms with Crippen LogP contribution < -0.4 is 5.56 Å². The van der Waals surface area contributed by atoms with Crippen molar-refractivity contribution in [2.24, 2.45) is 7.05 Å². The average molecular weight is 293 g/mol. The summed E-state index contributed by atoms with van der Waals surface area (Å²) in [5.74, 6) is -1.21. The van der Waals surface area contributed by atoms with E-state index in [9.17, 15) is 9.59 Å². The Morgan fingerprint density at radius 3 is 2.75 bits per heavy atom. The van der Waals surface area contributed by atoms with E-state index >= 15 is 0 Å². The Labute approximate surface area is 120 Å². The van der Waals surface area contributed by atoms with E-state index in [-0.39, 0.29) is 5.56 Å². The maximum Gasteiger partial charge on any atom is 0.341 e. The van der Waals surface area contributed by atoms with E-state index in [1.807, 2.05) is 11.4 Å². The minimum absolute atomic E-state index is 0.215. The normalized spacial score (nSPS) is 10.8. The monoisotopic (exact) mass is 293 g/mol. The molecule has 106 valence electrons. The number of thiophene rings is 1. The Morgan fingerprint density at radius 2 is 2.15 bits per heavy atom. The lowest BCUT2D eigenvalue weighted by atomic mass is 10.0. The summed E-state index contributed by atoms with van der Waals surface area (Å²) >= 11 is 1.54. The van der Waals surface area contributed by atoms with Crippen LogP contribution in [-0.4, -0.2) is 22.8 Å². The Hall–Kier alpha value is -1.92. The van der Waals surface area contributed by atoms with Gasteiger partial charge in [-0.25, -0.2) is 4.79 Å². The third kappa shape index (κ3) is 2.52. The summed E-state index contributed by atoms with van der Waals surface area (Å²) in [4.78, 5) is 24.1. The highest BCUT2D eigenvalue weighted by molar-refractivity contribution is 7.10. The Balaban J connectivity index is 2.61. The molecule has 0 aliphatic rings. The summed E-state index contributed by atoms with van der Waals surface area (Å²) in [7, 11) is 3.20. The molecule has 2 heterocycles. The van der Waals surface area contributed by atoms with E-state index < -0.39 is 11.5 Å². The predicted molar refractivity (Wildman–Crippen MR) is 77.4 cm³/mol. The van der Waals surface area contributed by atoms with E-state index in [0.29, 0.717) is 6.61 Å². The minimum atomic E-state index is -1.21. The van der Waals surface area contributed by atoms with Crippen LogP contribution >= 0.6 is 11.3 Å². The summed E-state index contributed by atoms with van der Waals surface area (Å²) in [6.45, 7) is 2.32. The molecule has 0 spiro atoms. The number of hydrogen-bond donors (Lipinski definition) is 1. The van der Waals surface area contributed by atoms with Crippen LogP contribution in [0.1, 0.15) is 20.9 Å². The summed E-state index contributed by atoms with van der Waals surface area (Å²) < 4.78 is 6.44. The first-order valence-corrected chi connectivity index (χ1v) is 6.84. The topological polar surface area (TPSA) is 68.5 Å². The number of hydrogen-bond acceptors (Lipinski definition) is 4. The van der Waals surface area contributed by atoms with Crippen molar-refractivity contribution >= 4 is 17.3 Å². The van der Waals surface area contributed by atoms with Crippen molar-refractivity contribution < 1.29 is 14.6 Å². The molecular weight excluding hydrogens is 278 g/mol. The molecule has 0 aromatic carbocycles. The van der Waals surface area contributed by atoms with Gasteiger partial charge in [0.25, 0.3) is 5.56 Å². The molecule has 0 amide bonds. The number of carboxylic acid groups (broad SMARTS) is 1. The van der Waals surface area contributed by atoms with Gasteiger partial charge in [-0.2, -0.15) is 0 Å². The maximum absolute atomic E-state index is 11.9. The molecule has 0 aliphatic heterocycles. The van der Waals surface area contributed by atoms with Gasteiger partial charge >= 0.3 is 5.97 Å². The molecule has 0 aliphatic carbocycles. The third-order valence-corrected chi connectivity index (χ3v) is 4.11. The highest BCUT2D eigenvalue weighted by Gasteiger charge is 2.16. The fourth-order valence-corrected chi connectivity index (χ4v) is 2.86. The van der Waals surface area contributed by atoms with Crippen LogP contribution in [0.3, 0.4) is 0 Å². The second kappa shape index (κ2) is 5.60. The number of pyridine rings is 1. The van der Waals surface area contributed by atoms with E-state index in [1.165, 1.54) is 10.6 Å². The first-order chi connectivity index (χ1) is 9.45. The average Bonchev–Trinajstić information content (AvgIpc) is 2.85. The van der Waals surface area contributed by atoms with Gasteiger partial charge < -0.3 is 14.4 Å². The summed E-state index contributed by atoms with van der Waals surface area (Å²) in [6.07, 6.45) is 0. The number of carboxylic acids is 1. The number of carbonyl (C=O) groups is 1. The smallest absolute Gasteiger partial charge is 0.341 e. The molecule has 0 saturated carbocycles. The number of nitrogens with zero attached hydrogens (tertiary/aromatic N) is 1. The fraction of sp³-hybridized carbons (Fsp3) is 0.286. The molecule has 6 heteroatoms. The number of aromatic nitrogens is 1. The van der Waals surface area contributed by atoms with Gasteiger partial charge in [-0.05, 0) is 30.0 Å². The standard InChI is InChI=1S/C14H15NO4S/c1-8-11(9-4-10(6-19-3)20-7-9)5-12(14(17)18)13(16)15(8)2/h4-5,7H,6H2,1-3H3,(H,17,18). The van der Waals surface area contributed by atoms with Crippen molar-refractivity contribution in [1.29, 1.82) is 0 Å². The zero-order chi connectivity index (χ0) is 14.9. The Kier molecular flexibility index (Phi) is 4.06. The van der Waals surface area contributed by atoms with Crippen molar-refractivity contribution in [2.75, 3.05) is 7.11 Å². The number of rotatable bonds is 4. The molecule has 0 saturated heterocycles. The van der Waals surface area contributed by atoms with Crippen molar-refractivity contribution in [2.45, 2.75) is 13.5 Å². The van der Waals surface area contributed by atoms with Crippen LogP contribution in [0.5, 0.6) is 0 Å². The van der Waals surface area contributed by atoms with E-state index in [4.69, 9.17) is 9.84 Å². The highest BCUT2D eigenvalue weighted by Crippen LogP contribution is 2.28. The SMILES string of the molecule is COCc1cc(-c2cc(C(=O)O)c(=O)n(C)c2C)cs1. The van der Waals surface area contributed by atoms with Gasteiger partial charge in [0.2, 0.25) is 0 Å².